The number of piperidine rings is 1. The SMILES string of the molecule is CCC(CC)(CO[P+](=O)CC(=O)OC1CC(C)(C)N(C(C)=O)C(C)(C)C1)Cc1cc(C(C)(C)CC)c(O)c(C(C)(C)CC)c1. The van der Waals surface area contributed by atoms with E-state index in [0.717, 1.165) is 42.4 Å². The number of nitrogens with zero attached hydrogens (tertiary/aromatic N) is 1. The maximum Gasteiger partial charge on any atom is 0.520 e. The molecule has 0 bridgehead atoms. The molecule has 1 fully saturated rings. The quantitative estimate of drug-likeness (QED) is 0.162. The fourth-order valence-corrected chi connectivity index (χ4v) is 7.90. The number of amides is 1. The van der Waals surface area contributed by atoms with Gasteiger partial charge in [-0.05, 0) is 80.8 Å². The zero-order valence-electron chi connectivity index (χ0n) is 30.0. The van der Waals surface area contributed by atoms with Gasteiger partial charge in [-0.2, -0.15) is 0 Å². The summed E-state index contributed by atoms with van der Waals surface area (Å²) in [4.78, 5) is 27.1. The summed E-state index contributed by atoms with van der Waals surface area (Å²) in [5.74, 6) is -0.142. The normalized spacial score (nSPS) is 17.8. The highest BCUT2D eigenvalue weighted by molar-refractivity contribution is 7.40. The molecule has 0 aliphatic carbocycles. The second kappa shape index (κ2) is 14.2. The summed E-state index contributed by atoms with van der Waals surface area (Å²) < 4.78 is 24.8. The van der Waals surface area contributed by atoms with Crippen molar-refractivity contribution in [3.8, 4) is 5.75 Å². The first kappa shape index (κ1) is 38.2. The van der Waals surface area contributed by atoms with Gasteiger partial charge in [-0.3, -0.25) is 4.79 Å². The van der Waals surface area contributed by atoms with Crippen LogP contribution in [-0.2, 0) is 40.7 Å². The van der Waals surface area contributed by atoms with Gasteiger partial charge in [0.05, 0.1) is 0 Å². The third-order valence-corrected chi connectivity index (χ3v) is 11.5. The van der Waals surface area contributed by atoms with E-state index in [1.54, 1.807) is 6.92 Å². The molecule has 8 heteroatoms. The molecule has 0 spiro atoms. The highest BCUT2D eigenvalue weighted by Gasteiger charge is 2.48. The summed E-state index contributed by atoms with van der Waals surface area (Å²) >= 11 is 0. The predicted octanol–water partition coefficient (Wildman–Crippen LogP) is 8.99. The van der Waals surface area contributed by atoms with Crippen molar-refractivity contribution in [2.24, 2.45) is 5.41 Å². The molecule has 0 aromatic heterocycles. The molecule has 2 rings (SSSR count). The van der Waals surface area contributed by atoms with Crippen LogP contribution in [0.2, 0.25) is 0 Å². The van der Waals surface area contributed by atoms with E-state index >= 15 is 0 Å². The number of carbonyl (C=O) groups is 2. The lowest BCUT2D eigenvalue weighted by Crippen LogP contribution is -2.63. The van der Waals surface area contributed by atoms with Crippen molar-refractivity contribution >= 4 is 19.9 Å². The Bertz CT molecular complexity index is 1140. The zero-order chi connectivity index (χ0) is 33.9. The Kier molecular flexibility index (Phi) is 12.3. The van der Waals surface area contributed by atoms with Gasteiger partial charge in [-0.25, -0.2) is 4.79 Å². The van der Waals surface area contributed by atoms with Crippen molar-refractivity contribution in [1.82, 2.24) is 4.90 Å². The molecule has 1 aromatic rings. The van der Waals surface area contributed by atoms with Crippen LogP contribution in [0.4, 0.5) is 0 Å². The summed E-state index contributed by atoms with van der Waals surface area (Å²) in [6, 6.07) is 4.29. The number of carbonyl (C=O) groups excluding carboxylic acids is 2. The Labute approximate surface area is 268 Å². The van der Waals surface area contributed by atoms with Crippen LogP contribution < -0.4 is 0 Å². The molecular formula is C36H61NO6P+. The molecule has 1 atom stereocenters. The third kappa shape index (κ3) is 8.84. The standard InChI is InChI=1S/C36H60NO6P/c1-14-32(6,7)28-18-26(19-29(31(28)40)33(8,9)15-2)20-36(16-3,17-4)24-42-44(41)23-30(39)43-27-21-34(10,11)37(25(5)38)35(12,13)22-27/h18-19,27H,14-17,20-24H2,1-13H3/p+1. The molecule has 1 saturated heterocycles. The minimum absolute atomic E-state index is 0.000472. The van der Waals surface area contributed by atoms with E-state index in [-0.39, 0.29) is 41.0 Å². The maximum atomic E-state index is 13.1. The first-order valence-corrected chi connectivity index (χ1v) is 17.9. The molecule has 44 heavy (non-hydrogen) atoms. The fourth-order valence-electron chi connectivity index (χ4n) is 7.10. The number of hydrogen-bond acceptors (Lipinski definition) is 6. The molecule has 7 nitrogen and oxygen atoms in total. The lowest BCUT2D eigenvalue weighted by molar-refractivity contribution is -0.164. The molecule has 1 aromatic carbocycles. The largest absolute Gasteiger partial charge is 0.520 e. The smallest absolute Gasteiger partial charge is 0.507 e. The Morgan fingerprint density at radius 1 is 0.909 bits per heavy atom. The number of ether oxygens (including phenoxy) is 1. The van der Waals surface area contributed by atoms with Crippen molar-refractivity contribution in [2.75, 3.05) is 12.8 Å². The van der Waals surface area contributed by atoms with Crippen LogP contribution in [-0.4, -0.2) is 51.8 Å². The van der Waals surface area contributed by atoms with Crippen molar-refractivity contribution in [2.45, 2.75) is 163 Å². The minimum Gasteiger partial charge on any atom is -0.507 e. The molecule has 0 saturated carbocycles. The first-order chi connectivity index (χ1) is 20.1. The Balaban J connectivity index is 2.19. The van der Waals surface area contributed by atoms with E-state index in [2.05, 4.69) is 67.5 Å². The summed E-state index contributed by atoms with van der Waals surface area (Å²) in [6.07, 6.45) is 4.52. The van der Waals surface area contributed by atoms with Crippen LogP contribution >= 0.6 is 8.03 Å². The number of likely N-dealkylation sites (tertiary alicyclic amines) is 1. The van der Waals surface area contributed by atoms with Crippen LogP contribution in [0.1, 0.15) is 145 Å². The van der Waals surface area contributed by atoms with Gasteiger partial charge in [0.15, 0.2) is 0 Å². The van der Waals surface area contributed by atoms with Crippen molar-refractivity contribution < 1.29 is 28.5 Å². The molecular weight excluding hydrogens is 573 g/mol. The van der Waals surface area contributed by atoms with Gasteiger partial charge in [0.1, 0.15) is 18.5 Å². The van der Waals surface area contributed by atoms with Gasteiger partial charge in [-0.15, -0.1) is 4.52 Å². The summed E-state index contributed by atoms with van der Waals surface area (Å²) in [5.41, 5.74) is 1.48. The summed E-state index contributed by atoms with van der Waals surface area (Å²) in [5, 5.41) is 11.4. The van der Waals surface area contributed by atoms with E-state index in [9.17, 15) is 19.3 Å². The molecule has 1 N–H and O–H groups in total. The number of phenolic OH excluding ortho intramolecular Hbond substituents is 1. The number of hydrogen-bond donors (Lipinski definition) is 1. The maximum absolute atomic E-state index is 13.1. The second-order valence-electron chi connectivity index (χ2n) is 15.7. The minimum atomic E-state index is -2.25. The third-order valence-electron chi connectivity index (χ3n) is 10.5. The average molecular weight is 635 g/mol. The van der Waals surface area contributed by atoms with Crippen LogP contribution in [0.5, 0.6) is 5.75 Å². The van der Waals surface area contributed by atoms with E-state index in [1.807, 2.05) is 32.6 Å². The first-order valence-electron chi connectivity index (χ1n) is 16.5. The van der Waals surface area contributed by atoms with Gasteiger partial charge in [0.2, 0.25) is 5.91 Å². The van der Waals surface area contributed by atoms with Crippen molar-refractivity contribution in [1.29, 1.82) is 0 Å². The molecule has 250 valence electrons. The van der Waals surface area contributed by atoms with Gasteiger partial charge >= 0.3 is 14.0 Å². The van der Waals surface area contributed by atoms with Crippen molar-refractivity contribution in [3.05, 3.63) is 28.8 Å². The summed E-state index contributed by atoms with van der Waals surface area (Å²) in [7, 11) is -2.25. The van der Waals surface area contributed by atoms with Gasteiger partial charge < -0.3 is 14.7 Å². The van der Waals surface area contributed by atoms with Crippen LogP contribution in [0.3, 0.4) is 0 Å². The Morgan fingerprint density at radius 3 is 1.75 bits per heavy atom. The van der Waals surface area contributed by atoms with E-state index in [4.69, 9.17) is 9.26 Å². The van der Waals surface area contributed by atoms with E-state index in [1.165, 1.54) is 0 Å². The Hall–Kier alpha value is -1.98. The van der Waals surface area contributed by atoms with Gasteiger partial charge in [-0.1, -0.05) is 67.5 Å². The monoisotopic (exact) mass is 634 g/mol. The second-order valence-corrected chi connectivity index (χ2v) is 16.9. The van der Waals surface area contributed by atoms with Crippen LogP contribution in [0, 0.1) is 5.41 Å². The van der Waals surface area contributed by atoms with Gasteiger partial charge in [0.25, 0.3) is 6.16 Å². The van der Waals surface area contributed by atoms with Crippen molar-refractivity contribution in [3.63, 3.8) is 0 Å². The summed E-state index contributed by atoms with van der Waals surface area (Å²) in [6.45, 7) is 27.0. The van der Waals surface area contributed by atoms with E-state index in [0.29, 0.717) is 25.0 Å². The molecule has 0 radical (unpaired) electrons. The molecule has 1 amide bonds. The van der Waals surface area contributed by atoms with Gasteiger partial charge in [0, 0.05) is 47.4 Å². The number of benzene rings is 1. The zero-order valence-corrected chi connectivity index (χ0v) is 30.9. The number of phenols is 1. The topological polar surface area (TPSA) is 93.1 Å². The highest BCUT2D eigenvalue weighted by atomic mass is 31.1. The number of rotatable bonds is 14. The fraction of sp³-hybridized carbons (Fsp3) is 0.778. The van der Waals surface area contributed by atoms with Crippen LogP contribution in [0.25, 0.3) is 0 Å². The molecule has 1 heterocycles. The Morgan fingerprint density at radius 2 is 1.36 bits per heavy atom. The average Bonchev–Trinajstić information content (AvgIpc) is 2.89. The lowest BCUT2D eigenvalue weighted by Gasteiger charge is -2.54. The highest BCUT2D eigenvalue weighted by Crippen LogP contribution is 2.45. The predicted molar refractivity (Wildman–Crippen MR) is 180 cm³/mol. The van der Waals surface area contributed by atoms with Crippen LogP contribution in [0.15, 0.2) is 12.1 Å². The lowest BCUT2D eigenvalue weighted by atomic mass is 9.72. The molecule has 1 aliphatic rings. The molecule has 1 unspecified atom stereocenters. The number of esters is 1. The molecule has 1 aliphatic heterocycles. The van der Waals surface area contributed by atoms with E-state index < -0.39 is 25.1 Å². The number of aromatic hydroxyl groups is 1.